The summed E-state index contributed by atoms with van der Waals surface area (Å²) in [6.45, 7) is 2.43. The van der Waals surface area contributed by atoms with Crippen molar-refractivity contribution in [3.8, 4) is 11.1 Å². The van der Waals surface area contributed by atoms with Gasteiger partial charge in [-0.25, -0.2) is 4.79 Å². The highest BCUT2D eigenvalue weighted by molar-refractivity contribution is 5.79. The van der Waals surface area contributed by atoms with E-state index in [-0.39, 0.29) is 17.6 Å². The second-order valence-electron chi connectivity index (χ2n) is 6.51. The molecule has 0 heterocycles. The zero-order chi connectivity index (χ0) is 15.2. The Bertz CT molecular complexity index is 688. The van der Waals surface area contributed by atoms with E-state index < -0.39 is 0 Å². The number of hydrogen-bond donors (Lipinski definition) is 1. The molecule has 1 saturated carbocycles. The summed E-state index contributed by atoms with van der Waals surface area (Å²) < 4.78 is 5.51. The Balaban J connectivity index is 1.55. The van der Waals surface area contributed by atoms with Crippen molar-refractivity contribution in [1.29, 1.82) is 0 Å². The zero-order valence-corrected chi connectivity index (χ0v) is 12.6. The lowest BCUT2D eigenvalue weighted by Gasteiger charge is -2.16. The smallest absolute Gasteiger partial charge is 0.407 e. The number of nitrogens with one attached hydrogen (secondary N) is 1. The van der Waals surface area contributed by atoms with Gasteiger partial charge in [0.05, 0.1) is 0 Å². The fourth-order valence-corrected chi connectivity index (χ4v) is 3.19. The summed E-state index contributed by atoms with van der Waals surface area (Å²) in [7, 11) is 0. The first kappa shape index (κ1) is 13.4. The lowest BCUT2D eigenvalue weighted by molar-refractivity contribution is 0.138. The second kappa shape index (κ2) is 4.87. The quantitative estimate of drug-likeness (QED) is 0.926. The molecule has 0 aliphatic heterocycles. The topological polar surface area (TPSA) is 38.3 Å². The van der Waals surface area contributed by atoms with E-state index in [1.165, 1.54) is 22.3 Å². The van der Waals surface area contributed by atoms with Gasteiger partial charge in [-0.15, -0.1) is 0 Å². The van der Waals surface area contributed by atoms with Crippen LogP contribution in [-0.2, 0) is 4.74 Å². The fraction of sp³-hybridized carbons (Fsp3) is 0.316. The van der Waals surface area contributed by atoms with Crippen molar-refractivity contribution in [2.24, 2.45) is 0 Å². The number of benzene rings is 2. The van der Waals surface area contributed by atoms with Gasteiger partial charge >= 0.3 is 6.09 Å². The Hall–Kier alpha value is -2.29. The average molecular weight is 293 g/mol. The molecule has 1 fully saturated rings. The summed E-state index contributed by atoms with van der Waals surface area (Å²) in [5.74, 6) is 0.130. The number of fused-ring (bicyclic) bond motifs is 3. The van der Waals surface area contributed by atoms with E-state index in [1.807, 2.05) is 12.1 Å². The fourth-order valence-electron chi connectivity index (χ4n) is 3.19. The molecule has 2 aliphatic rings. The lowest BCUT2D eigenvalue weighted by atomic mass is 9.98. The molecule has 0 unspecified atom stereocenters. The van der Waals surface area contributed by atoms with Crippen LogP contribution < -0.4 is 5.32 Å². The number of carbonyl (C=O) groups is 1. The van der Waals surface area contributed by atoms with Gasteiger partial charge in [0.25, 0.3) is 0 Å². The van der Waals surface area contributed by atoms with Crippen LogP contribution in [0.2, 0.25) is 0 Å². The molecule has 3 nitrogen and oxygen atoms in total. The predicted octanol–water partition coefficient (Wildman–Crippen LogP) is 4.08. The second-order valence-corrected chi connectivity index (χ2v) is 6.51. The minimum atomic E-state index is -0.304. The predicted molar refractivity (Wildman–Crippen MR) is 85.8 cm³/mol. The number of hydrogen-bond acceptors (Lipinski definition) is 2. The van der Waals surface area contributed by atoms with Crippen LogP contribution in [0.4, 0.5) is 4.79 Å². The molecule has 0 spiro atoms. The monoisotopic (exact) mass is 293 g/mol. The van der Waals surface area contributed by atoms with Gasteiger partial charge in [0.1, 0.15) is 6.61 Å². The molecule has 2 aromatic rings. The van der Waals surface area contributed by atoms with Crippen LogP contribution in [0.25, 0.3) is 11.1 Å². The van der Waals surface area contributed by atoms with Gasteiger partial charge < -0.3 is 10.1 Å². The van der Waals surface area contributed by atoms with E-state index >= 15 is 0 Å². The highest BCUT2D eigenvalue weighted by Crippen LogP contribution is 2.44. The molecule has 22 heavy (non-hydrogen) atoms. The lowest BCUT2D eigenvalue weighted by Crippen LogP contribution is -2.35. The van der Waals surface area contributed by atoms with E-state index in [0.717, 1.165) is 12.8 Å². The summed E-state index contributed by atoms with van der Waals surface area (Å²) >= 11 is 0. The van der Waals surface area contributed by atoms with Gasteiger partial charge in [0.15, 0.2) is 0 Å². The third kappa shape index (κ3) is 2.27. The third-order valence-corrected chi connectivity index (χ3v) is 4.75. The molecule has 0 atom stereocenters. The third-order valence-electron chi connectivity index (χ3n) is 4.75. The number of amides is 1. The van der Waals surface area contributed by atoms with E-state index in [4.69, 9.17) is 4.74 Å². The van der Waals surface area contributed by atoms with Crippen molar-refractivity contribution in [3.63, 3.8) is 0 Å². The van der Waals surface area contributed by atoms with E-state index in [0.29, 0.717) is 6.61 Å². The maximum Gasteiger partial charge on any atom is 0.407 e. The zero-order valence-electron chi connectivity index (χ0n) is 12.6. The minimum absolute atomic E-state index is 0.0391. The maximum absolute atomic E-state index is 11.9. The standard InChI is InChI=1S/C19H19NO2/c1-19(10-11-19)20-18(21)22-12-17-15-8-4-2-6-13(15)14-7-3-5-9-16(14)17/h2-9,17H,10-12H2,1H3,(H,20,21). The van der Waals surface area contributed by atoms with Crippen LogP contribution in [0.3, 0.4) is 0 Å². The number of ether oxygens (including phenoxy) is 1. The Labute approximate surface area is 130 Å². The molecule has 4 rings (SSSR count). The highest BCUT2D eigenvalue weighted by Gasteiger charge is 2.39. The normalized spacial score (nSPS) is 17.5. The van der Waals surface area contributed by atoms with Crippen LogP contribution in [0, 0.1) is 0 Å². The molecule has 1 amide bonds. The van der Waals surface area contributed by atoms with Crippen molar-refractivity contribution in [2.45, 2.75) is 31.2 Å². The Morgan fingerprint density at radius 3 is 2.18 bits per heavy atom. The maximum atomic E-state index is 11.9. The van der Waals surface area contributed by atoms with Crippen LogP contribution in [0.5, 0.6) is 0 Å². The van der Waals surface area contributed by atoms with Crippen LogP contribution in [0.15, 0.2) is 48.5 Å². The van der Waals surface area contributed by atoms with Gasteiger partial charge in [0, 0.05) is 11.5 Å². The average Bonchev–Trinajstić information content (AvgIpc) is 3.16. The Kier molecular flexibility index (Phi) is 2.96. The van der Waals surface area contributed by atoms with Gasteiger partial charge in [-0.1, -0.05) is 48.5 Å². The van der Waals surface area contributed by atoms with Crippen molar-refractivity contribution < 1.29 is 9.53 Å². The van der Waals surface area contributed by atoms with Crippen LogP contribution >= 0.6 is 0 Å². The SMILES string of the molecule is CC1(NC(=O)OCC2c3ccccc3-c3ccccc32)CC1. The van der Waals surface area contributed by atoms with Crippen LogP contribution in [-0.4, -0.2) is 18.2 Å². The minimum Gasteiger partial charge on any atom is -0.449 e. The van der Waals surface area contributed by atoms with Crippen molar-refractivity contribution in [2.75, 3.05) is 6.61 Å². The van der Waals surface area contributed by atoms with Gasteiger partial charge in [-0.3, -0.25) is 0 Å². The summed E-state index contributed by atoms with van der Waals surface area (Å²) in [4.78, 5) is 11.9. The summed E-state index contributed by atoms with van der Waals surface area (Å²) in [5.41, 5.74) is 4.95. The Morgan fingerprint density at radius 1 is 1.09 bits per heavy atom. The summed E-state index contributed by atoms with van der Waals surface area (Å²) in [5, 5.41) is 2.94. The van der Waals surface area contributed by atoms with Gasteiger partial charge in [0.2, 0.25) is 0 Å². The van der Waals surface area contributed by atoms with E-state index in [1.54, 1.807) is 0 Å². The van der Waals surface area contributed by atoms with Gasteiger partial charge in [-0.05, 0) is 42.0 Å². The van der Waals surface area contributed by atoms with Crippen LogP contribution in [0.1, 0.15) is 36.8 Å². The molecule has 2 aliphatic carbocycles. The Morgan fingerprint density at radius 2 is 1.64 bits per heavy atom. The summed E-state index contributed by atoms with van der Waals surface area (Å²) in [6.07, 6.45) is 1.77. The molecule has 0 aromatic heterocycles. The first-order valence-corrected chi connectivity index (χ1v) is 7.79. The van der Waals surface area contributed by atoms with E-state index in [9.17, 15) is 4.79 Å². The molecule has 0 radical (unpaired) electrons. The highest BCUT2D eigenvalue weighted by atomic mass is 16.5. The molecular formula is C19H19NO2. The van der Waals surface area contributed by atoms with Crippen molar-refractivity contribution in [1.82, 2.24) is 5.32 Å². The van der Waals surface area contributed by atoms with Gasteiger partial charge in [-0.2, -0.15) is 0 Å². The first-order valence-electron chi connectivity index (χ1n) is 7.79. The molecule has 112 valence electrons. The molecule has 2 aromatic carbocycles. The van der Waals surface area contributed by atoms with E-state index in [2.05, 4.69) is 48.6 Å². The van der Waals surface area contributed by atoms with Crippen molar-refractivity contribution in [3.05, 3.63) is 59.7 Å². The molecule has 0 bridgehead atoms. The molecular weight excluding hydrogens is 274 g/mol. The summed E-state index contributed by atoms with van der Waals surface area (Å²) in [6, 6.07) is 16.7. The van der Waals surface area contributed by atoms with Crippen molar-refractivity contribution >= 4 is 6.09 Å². The number of carbonyl (C=O) groups excluding carboxylic acids is 1. The largest absolute Gasteiger partial charge is 0.449 e. The first-order chi connectivity index (χ1) is 10.7. The molecule has 3 heteroatoms. The molecule has 0 saturated heterocycles. The number of rotatable bonds is 3. The number of alkyl carbamates (subject to hydrolysis) is 1. The molecule has 1 N–H and O–H groups in total.